The van der Waals surface area contributed by atoms with Gasteiger partial charge in [0.25, 0.3) is 0 Å². The fourth-order valence-electron chi connectivity index (χ4n) is 5.82. The zero-order valence-corrected chi connectivity index (χ0v) is 23.5. The highest BCUT2D eigenvalue weighted by atomic mass is 16.7. The highest BCUT2D eigenvalue weighted by molar-refractivity contribution is 5.73. The number of rotatable bonds is 12. The standard InChI is InChI=1S/C24H49N7O11/c25-3-4-31(39)24(38)30-14-5-13(27)16(21-12(26)2-1-11(40-21)7-29-6-10(34)8-32)19(36)22(14)42-23-20(37)17(28)18(35)15(9-33)41-23/h10-23,29,32-37,39H,1-9,25-28H2,(H,30,38). The third kappa shape index (κ3) is 8.43. The molecule has 246 valence electrons. The zero-order valence-electron chi connectivity index (χ0n) is 23.5. The summed E-state index contributed by atoms with van der Waals surface area (Å²) in [4.78, 5) is 12.6. The predicted octanol–water partition coefficient (Wildman–Crippen LogP) is -6.61. The number of carbonyl (C=O) groups is 1. The van der Waals surface area contributed by atoms with Gasteiger partial charge in [-0.25, -0.2) is 9.86 Å². The van der Waals surface area contributed by atoms with Crippen molar-refractivity contribution >= 4 is 6.03 Å². The first-order valence-electron chi connectivity index (χ1n) is 14.3. The lowest BCUT2D eigenvalue weighted by atomic mass is 9.72. The van der Waals surface area contributed by atoms with Gasteiger partial charge in [-0.05, 0) is 19.3 Å². The van der Waals surface area contributed by atoms with Crippen molar-refractivity contribution in [2.75, 3.05) is 39.4 Å². The van der Waals surface area contributed by atoms with E-state index in [0.717, 1.165) is 0 Å². The molecule has 14 atom stereocenters. The van der Waals surface area contributed by atoms with Crippen molar-refractivity contribution in [2.45, 2.75) is 98.6 Å². The minimum absolute atomic E-state index is 0.0184. The van der Waals surface area contributed by atoms with Crippen molar-refractivity contribution in [3.8, 4) is 0 Å². The van der Waals surface area contributed by atoms with Crippen LogP contribution in [-0.4, -0.2) is 166 Å². The summed E-state index contributed by atoms with van der Waals surface area (Å²) in [5, 5.41) is 76.8. The summed E-state index contributed by atoms with van der Waals surface area (Å²) in [5.74, 6) is -0.813. The molecule has 3 fully saturated rings. The maximum Gasteiger partial charge on any atom is 0.341 e. The first-order valence-corrected chi connectivity index (χ1v) is 14.3. The molecule has 1 saturated carbocycles. The molecule has 17 N–H and O–H groups in total. The molecule has 18 heteroatoms. The largest absolute Gasteiger partial charge is 0.394 e. The third-order valence-corrected chi connectivity index (χ3v) is 8.20. The smallest absolute Gasteiger partial charge is 0.341 e. The van der Waals surface area contributed by atoms with Crippen LogP contribution in [0.4, 0.5) is 4.79 Å². The first kappa shape index (κ1) is 35.2. The third-order valence-electron chi connectivity index (χ3n) is 8.20. The van der Waals surface area contributed by atoms with E-state index < -0.39 is 98.3 Å². The Kier molecular flexibility index (Phi) is 13.5. The molecule has 14 unspecified atom stereocenters. The Bertz CT molecular complexity index is 836. The van der Waals surface area contributed by atoms with Crippen molar-refractivity contribution < 1.29 is 54.9 Å². The van der Waals surface area contributed by atoms with Crippen molar-refractivity contribution in [3.05, 3.63) is 0 Å². The second kappa shape index (κ2) is 16.1. The molecule has 3 aliphatic rings. The Labute approximate surface area is 243 Å². The van der Waals surface area contributed by atoms with Gasteiger partial charge in [-0.15, -0.1) is 0 Å². The maximum atomic E-state index is 12.6. The minimum atomic E-state index is -1.56. The molecule has 1 aliphatic carbocycles. The lowest BCUT2D eigenvalue weighted by Gasteiger charge is -2.51. The van der Waals surface area contributed by atoms with Crippen LogP contribution < -0.4 is 33.6 Å². The topological polar surface area (TPSA) is 318 Å². The normalized spacial score (nSPS) is 41.7. The monoisotopic (exact) mass is 611 g/mol. The first-order chi connectivity index (χ1) is 19.9. The summed E-state index contributed by atoms with van der Waals surface area (Å²) in [7, 11) is 0. The highest BCUT2D eigenvalue weighted by Gasteiger charge is 2.53. The van der Waals surface area contributed by atoms with Gasteiger partial charge in [-0.1, -0.05) is 0 Å². The van der Waals surface area contributed by atoms with Crippen molar-refractivity contribution in [1.82, 2.24) is 15.7 Å². The number of nitrogens with zero attached hydrogens (tertiary/aromatic N) is 1. The van der Waals surface area contributed by atoms with Gasteiger partial charge in [-0.3, -0.25) is 5.21 Å². The fourth-order valence-corrected chi connectivity index (χ4v) is 5.82. The quantitative estimate of drug-likeness (QED) is 0.0720. The van der Waals surface area contributed by atoms with Crippen LogP contribution in [0.25, 0.3) is 0 Å². The van der Waals surface area contributed by atoms with Gasteiger partial charge >= 0.3 is 6.03 Å². The summed E-state index contributed by atoms with van der Waals surface area (Å²) in [5.41, 5.74) is 24.3. The van der Waals surface area contributed by atoms with E-state index in [4.69, 9.17) is 42.3 Å². The van der Waals surface area contributed by atoms with Crippen molar-refractivity contribution in [3.63, 3.8) is 0 Å². The second-order valence-corrected chi connectivity index (χ2v) is 11.3. The maximum absolute atomic E-state index is 12.6. The van der Waals surface area contributed by atoms with Crippen LogP contribution in [-0.2, 0) is 14.2 Å². The molecule has 2 saturated heterocycles. The second-order valence-electron chi connectivity index (χ2n) is 11.3. The molecule has 18 nitrogen and oxygen atoms in total. The Morgan fingerprint density at radius 2 is 1.76 bits per heavy atom. The number of hydroxylamine groups is 2. The molecule has 0 radical (unpaired) electrons. The van der Waals surface area contributed by atoms with E-state index in [1.54, 1.807) is 0 Å². The molecule has 0 spiro atoms. The van der Waals surface area contributed by atoms with Crippen LogP contribution in [0.2, 0.25) is 0 Å². The van der Waals surface area contributed by atoms with Crippen LogP contribution in [0, 0.1) is 5.92 Å². The molecular formula is C24H49N7O11. The van der Waals surface area contributed by atoms with E-state index in [0.29, 0.717) is 24.4 Å². The Balaban J connectivity index is 1.82. The number of aliphatic hydroxyl groups is 6. The van der Waals surface area contributed by atoms with E-state index in [1.165, 1.54) is 0 Å². The van der Waals surface area contributed by atoms with Crippen LogP contribution in [0.3, 0.4) is 0 Å². The molecule has 3 rings (SSSR count). The number of nitrogens with two attached hydrogens (primary N) is 4. The van der Waals surface area contributed by atoms with Gasteiger partial charge in [0.2, 0.25) is 0 Å². The van der Waals surface area contributed by atoms with Gasteiger partial charge in [0, 0.05) is 37.6 Å². The zero-order chi connectivity index (χ0) is 31.1. The molecule has 0 aromatic carbocycles. The van der Waals surface area contributed by atoms with Crippen LogP contribution >= 0.6 is 0 Å². The van der Waals surface area contributed by atoms with Gasteiger partial charge in [0.15, 0.2) is 6.29 Å². The van der Waals surface area contributed by atoms with E-state index in [2.05, 4.69) is 10.6 Å². The van der Waals surface area contributed by atoms with Gasteiger partial charge in [0.05, 0.1) is 56.3 Å². The Hall–Kier alpha value is -1.33. The molecule has 0 bridgehead atoms. The predicted molar refractivity (Wildman–Crippen MR) is 144 cm³/mol. The SMILES string of the molecule is NCCN(O)C(=O)NC1CC(N)C(C2OC(CNCC(O)CO)CCC2N)C(O)C1OC1OC(CO)C(O)C(N)C1O. The molecule has 2 aliphatic heterocycles. The Morgan fingerprint density at radius 1 is 1.05 bits per heavy atom. The Morgan fingerprint density at radius 3 is 2.40 bits per heavy atom. The van der Waals surface area contributed by atoms with Crippen LogP contribution in [0.15, 0.2) is 0 Å². The number of ether oxygens (including phenoxy) is 3. The average molecular weight is 612 g/mol. The fraction of sp³-hybridized carbons (Fsp3) is 0.958. The number of hydrogen-bond donors (Lipinski definition) is 13. The number of carbonyl (C=O) groups excluding carboxylic acids is 1. The van der Waals surface area contributed by atoms with E-state index in [9.17, 15) is 35.5 Å². The summed E-state index contributed by atoms with van der Waals surface area (Å²) in [6, 6.07) is -4.47. The van der Waals surface area contributed by atoms with Gasteiger partial charge in [-0.2, -0.15) is 0 Å². The molecular weight excluding hydrogens is 562 g/mol. The van der Waals surface area contributed by atoms with Crippen LogP contribution in [0.5, 0.6) is 0 Å². The summed E-state index contributed by atoms with van der Waals surface area (Å²) in [6.07, 6.45) is -9.25. The molecule has 0 aromatic rings. The summed E-state index contributed by atoms with van der Waals surface area (Å²) in [6.45, 7) is -0.721. The molecule has 0 aromatic heterocycles. The lowest BCUT2D eigenvalue weighted by molar-refractivity contribution is -0.306. The summed E-state index contributed by atoms with van der Waals surface area (Å²) < 4.78 is 17.8. The minimum Gasteiger partial charge on any atom is -0.394 e. The lowest BCUT2D eigenvalue weighted by Crippen LogP contribution is -2.69. The van der Waals surface area contributed by atoms with Crippen molar-refractivity contribution in [2.24, 2.45) is 28.9 Å². The van der Waals surface area contributed by atoms with E-state index in [1.807, 2.05) is 0 Å². The average Bonchev–Trinajstić information content (AvgIpc) is 2.96. The van der Waals surface area contributed by atoms with E-state index in [-0.39, 0.29) is 32.2 Å². The number of amides is 2. The highest BCUT2D eigenvalue weighted by Crippen LogP contribution is 2.36. The van der Waals surface area contributed by atoms with E-state index >= 15 is 0 Å². The number of urea groups is 1. The van der Waals surface area contributed by atoms with Gasteiger partial charge in [0.1, 0.15) is 24.4 Å². The molecule has 2 amide bonds. The molecule has 2 heterocycles. The number of aliphatic hydroxyl groups excluding tert-OH is 6. The molecule has 42 heavy (non-hydrogen) atoms. The number of nitrogens with one attached hydrogen (secondary N) is 2. The van der Waals surface area contributed by atoms with Crippen molar-refractivity contribution in [1.29, 1.82) is 0 Å². The van der Waals surface area contributed by atoms with Gasteiger partial charge < -0.3 is 78.4 Å². The van der Waals surface area contributed by atoms with Crippen LogP contribution in [0.1, 0.15) is 19.3 Å². The number of hydrogen-bond acceptors (Lipinski definition) is 16. The summed E-state index contributed by atoms with van der Waals surface area (Å²) >= 11 is 0.